The summed E-state index contributed by atoms with van der Waals surface area (Å²) in [4.78, 5) is 29.3. The van der Waals surface area contributed by atoms with Crippen LogP contribution in [0.2, 0.25) is 0 Å². The lowest BCUT2D eigenvalue weighted by Gasteiger charge is -2.13. The van der Waals surface area contributed by atoms with Crippen molar-refractivity contribution in [3.63, 3.8) is 0 Å². The molecule has 0 spiro atoms. The highest BCUT2D eigenvalue weighted by Gasteiger charge is 2.19. The van der Waals surface area contributed by atoms with Gasteiger partial charge in [0.05, 0.1) is 5.69 Å². The van der Waals surface area contributed by atoms with E-state index in [9.17, 15) is 9.59 Å². The van der Waals surface area contributed by atoms with Crippen molar-refractivity contribution in [1.29, 1.82) is 0 Å². The van der Waals surface area contributed by atoms with Gasteiger partial charge in [0.2, 0.25) is 0 Å². The molecule has 2 aromatic heterocycles. The monoisotopic (exact) mass is 371 g/mol. The molecule has 0 saturated heterocycles. The van der Waals surface area contributed by atoms with Gasteiger partial charge in [0, 0.05) is 25.5 Å². The van der Waals surface area contributed by atoms with Gasteiger partial charge in [0.1, 0.15) is 11.4 Å². The first-order valence-electron chi connectivity index (χ1n) is 8.36. The van der Waals surface area contributed by atoms with Crippen LogP contribution in [-0.2, 0) is 20.1 Å². The third-order valence-corrected chi connectivity index (χ3v) is 4.88. The standard InChI is InChI=1S/C18H21N5O2S/c1-3-9-23-15(19)14(16(24)22(2)18(23)25)13-11-26-17(21-13)20-10-12-7-5-4-6-8-12/h4-8,11H,3,9-10,19H2,1-2H3,(H,20,21). The molecule has 0 unspecified atom stereocenters. The number of nitrogen functional groups attached to an aromatic ring is 1. The van der Waals surface area contributed by atoms with Crippen LogP contribution in [-0.4, -0.2) is 14.1 Å². The SMILES string of the molecule is CCCn1c(N)c(-c2csc(NCc3ccccc3)n2)c(=O)n(C)c1=O. The maximum Gasteiger partial charge on any atom is 0.332 e. The van der Waals surface area contributed by atoms with Gasteiger partial charge in [-0.1, -0.05) is 37.3 Å². The number of thiazole rings is 1. The number of nitrogens with two attached hydrogens (primary N) is 1. The first kappa shape index (κ1) is 17.9. The number of anilines is 2. The van der Waals surface area contributed by atoms with Crippen LogP contribution in [0.15, 0.2) is 45.3 Å². The number of aromatic nitrogens is 3. The maximum absolute atomic E-state index is 12.6. The first-order valence-corrected chi connectivity index (χ1v) is 9.24. The fourth-order valence-corrected chi connectivity index (χ4v) is 3.41. The van der Waals surface area contributed by atoms with Crippen LogP contribution in [0.3, 0.4) is 0 Å². The van der Waals surface area contributed by atoms with Gasteiger partial charge in [-0.25, -0.2) is 9.78 Å². The number of hydrogen-bond donors (Lipinski definition) is 2. The molecule has 0 aliphatic carbocycles. The molecule has 0 bridgehead atoms. The van der Waals surface area contributed by atoms with Crippen LogP contribution in [0.25, 0.3) is 11.3 Å². The Kier molecular flexibility index (Phi) is 5.22. The lowest BCUT2D eigenvalue weighted by atomic mass is 10.2. The van der Waals surface area contributed by atoms with Gasteiger partial charge in [0.15, 0.2) is 5.13 Å². The van der Waals surface area contributed by atoms with E-state index in [1.165, 1.54) is 23.0 Å². The maximum atomic E-state index is 12.6. The molecule has 2 heterocycles. The van der Waals surface area contributed by atoms with Crippen molar-refractivity contribution in [1.82, 2.24) is 14.1 Å². The minimum Gasteiger partial charge on any atom is -0.384 e. The molecule has 0 aliphatic heterocycles. The molecule has 0 saturated carbocycles. The molecule has 0 radical (unpaired) electrons. The Morgan fingerprint density at radius 2 is 1.96 bits per heavy atom. The predicted molar refractivity (Wildman–Crippen MR) is 106 cm³/mol. The summed E-state index contributed by atoms with van der Waals surface area (Å²) in [5.74, 6) is 0.167. The van der Waals surface area contributed by atoms with E-state index in [1.807, 2.05) is 37.3 Å². The Balaban J connectivity index is 1.94. The van der Waals surface area contributed by atoms with Crippen LogP contribution in [0.5, 0.6) is 0 Å². The Bertz CT molecular complexity index is 1020. The van der Waals surface area contributed by atoms with Crippen LogP contribution >= 0.6 is 11.3 Å². The summed E-state index contributed by atoms with van der Waals surface area (Å²) in [6.07, 6.45) is 0.739. The van der Waals surface area contributed by atoms with Crippen molar-refractivity contribution >= 4 is 22.3 Å². The second kappa shape index (κ2) is 7.57. The average Bonchev–Trinajstić information content (AvgIpc) is 3.11. The van der Waals surface area contributed by atoms with Crippen molar-refractivity contribution in [2.45, 2.75) is 26.4 Å². The fraction of sp³-hybridized carbons (Fsp3) is 0.278. The van der Waals surface area contributed by atoms with Crippen molar-refractivity contribution in [3.05, 3.63) is 62.1 Å². The van der Waals surface area contributed by atoms with Gasteiger partial charge in [-0.05, 0) is 12.0 Å². The van der Waals surface area contributed by atoms with E-state index in [1.54, 1.807) is 5.38 Å². The van der Waals surface area contributed by atoms with E-state index in [4.69, 9.17) is 5.73 Å². The topological polar surface area (TPSA) is 94.9 Å². The molecule has 8 heteroatoms. The molecule has 0 amide bonds. The van der Waals surface area contributed by atoms with E-state index in [0.717, 1.165) is 16.6 Å². The second-order valence-corrected chi connectivity index (χ2v) is 6.79. The predicted octanol–water partition coefficient (Wildman–Crippen LogP) is 2.27. The van der Waals surface area contributed by atoms with Crippen molar-refractivity contribution < 1.29 is 0 Å². The van der Waals surface area contributed by atoms with Crippen LogP contribution in [0, 0.1) is 0 Å². The number of rotatable bonds is 6. The Morgan fingerprint density at radius 1 is 1.23 bits per heavy atom. The summed E-state index contributed by atoms with van der Waals surface area (Å²) in [5, 5.41) is 5.72. The number of nitrogens with one attached hydrogen (secondary N) is 1. The summed E-state index contributed by atoms with van der Waals surface area (Å²) >= 11 is 1.40. The van der Waals surface area contributed by atoms with Crippen LogP contribution in [0.1, 0.15) is 18.9 Å². The summed E-state index contributed by atoms with van der Waals surface area (Å²) < 4.78 is 2.50. The smallest absolute Gasteiger partial charge is 0.332 e. The van der Waals surface area contributed by atoms with Crippen molar-refractivity contribution in [3.8, 4) is 11.3 Å². The van der Waals surface area contributed by atoms with Crippen molar-refractivity contribution in [2.24, 2.45) is 7.05 Å². The minimum absolute atomic E-state index is 0.167. The molecule has 3 N–H and O–H groups in total. The molecule has 1 aromatic carbocycles. The molecule has 0 atom stereocenters. The highest BCUT2D eigenvalue weighted by molar-refractivity contribution is 7.14. The van der Waals surface area contributed by atoms with Crippen LogP contribution in [0.4, 0.5) is 10.9 Å². The van der Waals surface area contributed by atoms with E-state index >= 15 is 0 Å². The summed E-state index contributed by atoms with van der Waals surface area (Å²) in [6.45, 7) is 3.04. The van der Waals surface area contributed by atoms with Crippen molar-refractivity contribution in [2.75, 3.05) is 11.1 Å². The van der Waals surface area contributed by atoms with Gasteiger partial charge in [-0.15, -0.1) is 11.3 Å². The molecule has 7 nitrogen and oxygen atoms in total. The lowest BCUT2D eigenvalue weighted by Crippen LogP contribution is -2.40. The van der Waals surface area contributed by atoms with E-state index in [-0.39, 0.29) is 11.4 Å². The number of nitrogens with zero attached hydrogens (tertiary/aromatic N) is 3. The van der Waals surface area contributed by atoms with Gasteiger partial charge >= 0.3 is 5.69 Å². The molecular weight excluding hydrogens is 350 g/mol. The molecule has 0 aliphatic rings. The van der Waals surface area contributed by atoms with Gasteiger partial charge in [-0.2, -0.15) is 0 Å². The lowest BCUT2D eigenvalue weighted by molar-refractivity contribution is 0.600. The quantitative estimate of drug-likeness (QED) is 0.693. The molecule has 3 aromatic rings. The van der Waals surface area contributed by atoms with Gasteiger partial charge < -0.3 is 11.1 Å². The van der Waals surface area contributed by atoms with Gasteiger partial charge in [-0.3, -0.25) is 13.9 Å². The molecule has 0 fully saturated rings. The normalized spacial score (nSPS) is 10.8. The highest BCUT2D eigenvalue weighted by Crippen LogP contribution is 2.26. The third-order valence-electron chi connectivity index (χ3n) is 4.08. The Morgan fingerprint density at radius 3 is 2.65 bits per heavy atom. The highest BCUT2D eigenvalue weighted by atomic mass is 32.1. The largest absolute Gasteiger partial charge is 0.384 e. The van der Waals surface area contributed by atoms with E-state index in [0.29, 0.717) is 23.9 Å². The zero-order valence-corrected chi connectivity index (χ0v) is 15.5. The number of benzene rings is 1. The van der Waals surface area contributed by atoms with E-state index < -0.39 is 11.2 Å². The molecule has 3 rings (SSSR count). The fourth-order valence-electron chi connectivity index (χ4n) is 2.71. The summed E-state index contributed by atoms with van der Waals surface area (Å²) in [7, 11) is 1.46. The molecule has 136 valence electrons. The Labute approximate surface area is 154 Å². The Hall–Kier alpha value is -2.87. The molecule has 26 heavy (non-hydrogen) atoms. The molecular formula is C18H21N5O2S. The summed E-state index contributed by atoms with van der Waals surface area (Å²) in [6, 6.07) is 9.97. The zero-order chi connectivity index (χ0) is 18.7. The van der Waals surface area contributed by atoms with Crippen LogP contribution < -0.4 is 22.3 Å². The van der Waals surface area contributed by atoms with Gasteiger partial charge in [0.25, 0.3) is 5.56 Å². The first-order chi connectivity index (χ1) is 12.5. The second-order valence-electron chi connectivity index (χ2n) is 5.94. The number of hydrogen-bond acceptors (Lipinski definition) is 6. The average molecular weight is 371 g/mol. The summed E-state index contributed by atoms with van der Waals surface area (Å²) in [5.41, 5.74) is 7.19. The van der Waals surface area contributed by atoms with E-state index in [2.05, 4.69) is 10.3 Å². The minimum atomic E-state index is -0.431. The third kappa shape index (κ3) is 3.41. The zero-order valence-electron chi connectivity index (χ0n) is 14.7.